The molecule has 1 saturated heterocycles. The van der Waals surface area contributed by atoms with Gasteiger partial charge >= 0.3 is 42.3 Å². The van der Waals surface area contributed by atoms with E-state index in [9.17, 15) is 48.3 Å². The van der Waals surface area contributed by atoms with Crippen molar-refractivity contribution in [2.75, 3.05) is 19.6 Å². The molecule has 9 aliphatic carbocycles. The number of rotatable bonds is 22. The molecule has 0 radical (unpaired) electrons. The molecule has 11 N–H and O–H groups in total. The molecule has 0 bridgehead atoms. The molecular weight excluding hydrogens is 1740 g/mol. The highest BCUT2D eigenvalue weighted by Gasteiger charge is 2.65. The van der Waals surface area contributed by atoms with Crippen LogP contribution in [0.4, 0.5) is 19.2 Å². The van der Waals surface area contributed by atoms with E-state index in [0.717, 1.165) is 62.3 Å². The highest BCUT2D eigenvalue weighted by molar-refractivity contribution is 6.02. The van der Waals surface area contributed by atoms with E-state index < -0.39 is 82.6 Å². The summed E-state index contributed by atoms with van der Waals surface area (Å²) in [5.74, 6) is 3.15. The van der Waals surface area contributed by atoms with Crippen molar-refractivity contribution in [2.24, 2.45) is 68.0 Å². The van der Waals surface area contributed by atoms with Crippen LogP contribution in [0.25, 0.3) is 0 Å². The van der Waals surface area contributed by atoms with Crippen LogP contribution < -0.4 is 67.0 Å². The van der Waals surface area contributed by atoms with Gasteiger partial charge in [-0.05, 0) is 422 Å². The standard InChI is InChI=1S/C38H60N2O6.C28H44N2O2.C22H32O.C20H33N3O8.2ClH/c1-24-21-26(22-25-23-29-37(10)18-14-17-36(8,9)28(37)16-19-38(29,11)30(24)25)44-31(41)27(40-33(43)46-35(5,6)7)15-12-13-20-39-32(42)45-34(2,3)4;1-18-15-20(32-25(31)21(30)9-6-7-14-29)16-19-17-23-27(4)12-8-11-26(2,3)22(27)10-13-28(23,5)24(18)19;1-14-11-16(23)12-15-13-18-21(4)9-6-8-20(2,3)17(21)7-10-22(18,5)19(14)15;1-19(2,3)29-17(27)21-12-8-7-9-13(22-18(28)30-20(4,5)6)16(26)31-23-14(24)10-11-15(23)25;;/h21-22,27-29H,12-20,23H2,1-11H3,(H,39,42)(H,40,43);15-16,21-23H,6-14,17,29-30H2,1-5H3;11-12,17-18,23H,6-10,13H2,1-5H3;13H,7-12H2,1-6H3,(H,21,27)(H,22,28);2*1H/t27?,28?,29-,37+,38-;21?,22?,23-,27+,28-;17?,18-,21+,22-;;;/m111.../s1. The minimum Gasteiger partial charge on any atom is -1.00 e. The van der Waals surface area contributed by atoms with E-state index in [-0.39, 0.29) is 72.3 Å². The Balaban J connectivity index is 0.000000225. The van der Waals surface area contributed by atoms with Crippen LogP contribution in [-0.4, -0.2) is 124 Å². The van der Waals surface area contributed by atoms with Gasteiger partial charge in [-0.2, -0.15) is 0 Å². The quantitative estimate of drug-likeness (QED) is 0.0162. The van der Waals surface area contributed by atoms with Gasteiger partial charge in [0.1, 0.15) is 51.7 Å². The third kappa shape index (κ3) is 26.0. The monoisotopic (exact) mass is 1910 g/mol. The van der Waals surface area contributed by atoms with Crippen LogP contribution in [0.1, 0.15) is 383 Å². The predicted octanol–water partition coefficient (Wildman–Crippen LogP) is 14.5. The maximum absolute atomic E-state index is 13.6. The molecule has 3 aromatic rings. The van der Waals surface area contributed by atoms with Crippen LogP contribution in [0.3, 0.4) is 0 Å². The number of imide groups is 1. The molecular formula is C108H171Cl2N7O17. The molecule has 1 aliphatic heterocycles. The number of phenolic OH excluding ortho intramolecular Hbond substituents is 1. The summed E-state index contributed by atoms with van der Waals surface area (Å²) >= 11 is 0. The lowest BCUT2D eigenvalue weighted by atomic mass is 9.43. The second-order valence-electron chi connectivity index (χ2n) is 48.8. The summed E-state index contributed by atoms with van der Waals surface area (Å²) in [7, 11) is 0. The molecule has 6 amide bonds. The normalized spacial score (nSPS) is 28.1. The Morgan fingerprint density at radius 2 is 0.739 bits per heavy atom. The number of nitrogens with zero attached hydrogens (tertiary/aromatic N) is 1. The van der Waals surface area contributed by atoms with E-state index in [0.29, 0.717) is 112 Å². The molecule has 754 valence electrons. The van der Waals surface area contributed by atoms with Gasteiger partial charge in [-0.1, -0.05) is 102 Å². The third-order valence-corrected chi connectivity index (χ3v) is 32.7. The van der Waals surface area contributed by atoms with Crippen molar-refractivity contribution in [1.29, 1.82) is 0 Å². The molecule has 15 atom stereocenters. The molecule has 24 nitrogen and oxygen atoms in total. The number of nitrogens with one attached hydrogen (secondary N) is 4. The lowest BCUT2D eigenvalue weighted by Gasteiger charge is -2.61. The van der Waals surface area contributed by atoms with E-state index in [1.807, 2.05) is 32.9 Å². The Morgan fingerprint density at radius 1 is 0.418 bits per heavy atom. The number of aryl methyl sites for hydroxylation is 3. The SMILES string of the molecule is CC(C)(C)OC(=O)NCCCCC(NC(=O)OC(C)(C)C)C(=O)ON1C(=O)CCC1=O.Cc1cc(O)cc2c1[C@]1(C)CCC3C(C)(C)CCC[C@]3(C)[C@H]1C2.Cc1cc(OC(=O)C(CCCCNC(=O)OC(C)(C)C)NC(=O)OC(C)(C)C)cc2c1[C@]1(C)CCC3C(C)(C)CCC[C@]3(C)[C@H]1C2.Cc1cc(OC(=O)C([NH3+])CCCC[NH3+])cc2c1[C@]1(C)CCC3C(C)(C)CCC[C@]3(C)[C@H]1C2.[Cl-].[Cl-]. The number of unbranched alkanes of at least 4 members (excludes halogenated alkanes) is 3. The second kappa shape index (κ2) is 43.1. The van der Waals surface area contributed by atoms with Crippen molar-refractivity contribution in [3.05, 3.63) is 86.5 Å². The number of benzene rings is 3. The zero-order valence-corrected chi connectivity index (χ0v) is 88.4. The van der Waals surface area contributed by atoms with Crippen molar-refractivity contribution >= 4 is 54.1 Å². The Bertz CT molecular complexity index is 4680. The first-order chi connectivity index (χ1) is 61.0. The first-order valence-corrected chi connectivity index (χ1v) is 50.2. The summed E-state index contributed by atoms with van der Waals surface area (Å²) in [6.45, 7) is 59.5. The number of aromatic hydroxyl groups is 1. The molecule has 0 spiro atoms. The first-order valence-electron chi connectivity index (χ1n) is 50.2. The Labute approximate surface area is 814 Å². The van der Waals surface area contributed by atoms with Gasteiger partial charge in [-0.3, -0.25) is 9.59 Å². The van der Waals surface area contributed by atoms with Gasteiger partial charge in [-0.25, -0.2) is 33.6 Å². The number of hydrogen-bond donors (Lipinski definition) is 7. The van der Waals surface area contributed by atoms with Crippen molar-refractivity contribution in [1.82, 2.24) is 26.3 Å². The van der Waals surface area contributed by atoms with E-state index in [1.165, 1.54) is 142 Å². The fourth-order valence-electron chi connectivity index (χ4n) is 27.7. The number of phenols is 1. The average Bonchev–Trinajstić information content (AvgIpc) is 1.50. The minimum absolute atomic E-state index is 0. The fourth-order valence-corrected chi connectivity index (χ4v) is 27.7. The Hall–Kier alpha value is -7.41. The zero-order valence-electron chi connectivity index (χ0n) is 86.9. The zero-order chi connectivity index (χ0) is 98.0. The third-order valence-electron chi connectivity index (χ3n) is 32.7. The number of amides is 6. The summed E-state index contributed by atoms with van der Waals surface area (Å²) in [5, 5.41) is 21.0. The van der Waals surface area contributed by atoms with Gasteiger partial charge in [0, 0.05) is 32.4 Å². The fraction of sp³-hybridized carbons (Fsp3) is 0.750. The Kier molecular flexibility index (Phi) is 36.0. The van der Waals surface area contributed by atoms with Gasteiger partial charge in [0.05, 0.1) is 6.54 Å². The van der Waals surface area contributed by atoms with E-state index in [1.54, 1.807) is 73.4 Å². The number of hydrogen-bond acceptors (Lipinski definition) is 17. The first kappa shape index (κ1) is 112. The van der Waals surface area contributed by atoms with Crippen molar-refractivity contribution < 1.29 is 118 Å². The summed E-state index contributed by atoms with van der Waals surface area (Å²) in [6.07, 6.45) is 25.9. The number of carbonyl (C=O) groups excluding carboxylic acids is 9. The molecule has 7 fully saturated rings. The van der Waals surface area contributed by atoms with Gasteiger partial charge in [0.15, 0.2) is 6.04 Å². The second-order valence-corrected chi connectivity index (χ2v) is 48.8. The van der Waals surface area contributed by atoms with Crippen LogP contribution in [0, 0.1) is 88.8 Å². The van der Waals surface area contributed by atoms with Crippen molar-refractivity contribution in [2.45, 2.75) is 430 Å². The molecule has 26 heteroatoms. The lowest BCUT2D eigenvalue weighted by Crippen LogP contribution is -3.00. The number of carbonyl (C=O) groups is 9. The summed E-state index contributed by atoms with van der Waals surface area (Å²) in [6, 6.07) is 10.0. The molecule has 10 aliphatic rings. The summed E-state index contributed by atoms with van der Waals surface area (Å²) in [4.78, 5) is 115. The predicted molar refractivity (Wildman–Crippen MR) is 513 cm³/mol. The molecule has 0 aromatic heterocycles. The van der Waals surface area contributed by atoms with Gasteiger partial charge < -0.3 is 95.9 Å². The van der Waals surface area contributed by atoms with Gasteiger partial charge in [0.25, 0.3) is 11.8 Å². The maximum atomic E-state index is 13.6. The van der Waals surface area contributed by atoms with Crippen LogP contribution in [0.2, 0.25) is 0 Å². The van der Waals surface area contributed by atoms with Crippen LogP contribution in [0.15, 0.2) is 36.4 Å². The minimum atomic E-state index is -1.14. The topological polar surface area (TPSA) is 345 Å². The number of esters is 2. The van der Waals surface area contributed by atoms with Crippen molar-refractivity contribution in [3.8, 4) is 17.2 Å². The molecule has 6 saturated carbocycles. The number of alkyl carbamates (subject to hydrolysis) is 4. The van der Waals surface area contributed by atoms with E-state index in [2.05, 4.69) is 161 Å². The summed E-state index contributed by atoms with van der Waals surface area (Å²) < 4.78 is 32.9. The summed E-state index contributed by atoms with van der Waals surface area (Å²) in [5.41, 5.74) is 20.8. The number of hydroxylamine groups is 2. The van der Waals surface area contributed by atoms with Crippen LogP contribution in [0.5, 0.6) is 17.2 Å². The van der Waals surface area contributed by atoms with Crippen LogP contribution >= 0.6 is 0 Å². The van der Waals surface area contributed by atoms with Crippen LogP contribution in [-0.2, 0) is 83.3 Å². The number of fused-ring (bicyclic) bond motifs is 15. The smallest absolute Gasteiger partial charge is 0.408 e. The van der Waals surface area contributed by atoms with Gasteiger partial charge in [-0.15, -0.1) is 5.06 Å². The molecule has 3 aromatic carbocycles. The highest BCUT2D eigenvalue weighted by atomic mass is 35.5. The number of ether oxygens (including phenoxy) is 6. The number of halogens is 2. The highest BCUT2D eigenvalue weighted by Crippen LogP contribution is 2.72. The largest absolute Gasteiger partial charge is 1.00 e. The number of quaternary nitrogens is 2. The average molecular weight is 1910 g/mol. The maximum Gasteiger partial charge on any atom is 0.408 e. The Morgan fingerprint density at radius 3 is 1.09 bits per heavy atom. The van der Waals surface area contributed by atoms with Gasteiger partial charge in [0.2, 0.25) is 0 Å². The van der Waals surface area contributed by atoms with Crippen molar-refractivity contribution in [3.63, 3.8) is 0 Å². The molecule has 13 rings (SSSR count). The molecule has 6 unspecified atom stereocenters. The molecule has 134 heavy (non-hydrogen) atoms. The van der Waals surface area contributed by atoms with E-state index in [4.69, 9.17) is 33.3 Å². The lowest BCUT2D eigenvalue weighted by molar-refractivity contribution is -0.409. The van der Waals surface area contributed by atoms with E-state index >= 15 is 0 Å². The molecule has 1 heterocycles.